The number of nitrogens with one attached hydrogen (secondary N) is 1. The fourth-order valence-electron chi connectivity index (χ4n) is 1.87. The third kappa shape index (κ3) is 5.31. The fourth-order valence-corrected chi connectivity index (χ4v) is 1.87. The molecule has 112 valence electrons. The fraction of sp³-hybridized carbons (Fsp3) is 0.867. The van der Waals surface area contributed by atoms with Crippen LogP contribution in [0.3, 0.4) is 0 Å². The molecule has 1 unspecified atom stereocenters. The summed E-state index contributed by atoms with van der Waals surface area (Å²) >= 11 is 0. The van der Waals surface area contributed by atoms with E-state index >= 15 is 0 Å². The van der Waals surface area contributed by atoms with Crippen LogP contribution in [0.2, 0.25) is 0 Å². The molecule has 0 rings (SSSR count). The van der Waals surface area contributed by atoms with Crippen LogP contribution in [0.4, 0.5) is 0 Å². The summed E-state index contributed by atoms with van der Waals surface area (Å²) in [4.78, 5) is 25.9. The molecule has 0 aromatic rings. The summed E-state index contributed by atoms with van der Waals surface area (Å²) in [7, 11) is 1.87. The molecule has 0 heterocycles. The third-order valence-corrected chi connectivity index (χ3v) is 3.25. The van der Waals surface area contributed by atoms with Gasteiger partial charge in [0, 0.05) is 24.4 Å². The van der Waals surface area contributed by atoms with Gasteiger partial charge in [-0.15, -0.1) is 0 Å². The Bertz CT molecular complexity index is 324. The largest absolute Gasteiger partial charge is 0.315 e. The summed E-state index contributed by atoms with van der Waals surface area (Å²) in [5, 5.41) is 3.21. The van der Waals surface area contributed by atoms with Crippen LogP contribution in [0.15, 0.2) is 0 Å². The molecular formula is C15H30N2O2. The minimum atomic E-state index is -0.541. The second-order valence-electron chi connectivity index (χ2n) is 7.12. The highest BCUT2D eigenvalue weighted by molar-refractivity contribution is 5.97. The third-order valence-electron chi connectivity index (χ3n) is 3.25. The summed E-state index contributed by atoms with van der Waals surface area (Å²) in [5.41, 5.74) is -0.555. The van der Waals surface area contributed by atoms with Crippen molar-refractivity contribution in [2.45, 2.75) is 60.9 Å². The van der Waals surface area contributed by atoms with Gasteiger partial charge in [0.05, 0.1) is 0 Å². The van der Waals surface area contributed by atoms with Crippen molar-refractivity contribution in [3.63, 3.8) is 0 Å². The Hall–Kier alpha value is -0.900. The highest BCUT2D eigenvalue weighted by Gasteiger charge is 2.34. The summed E-state index contributed by atoms with van der Waals surface area (Å²) in [5.74, 6) is -0.215. The topological polar surface area (TPSA) is 49.4 Å². The second kappa shape index (κ2) is 6.51. The number of likely N-dealkylation sites (N-methyl/N-ethyl adjacent to an activating group) is 1. The van der Waals surface area contributed by atoms with Crippen LogP contribution in [0.25, 0.3) is 0 Å². The maximum Gasteiger partial charge on any atom is 0.234 e. The van der Waals surface area contributed by atoms with E-state index in [1.807, 2.05) is 27.8 Å². The predicted molar refractivity (Wildman–Crippen MR) is 78.8 cm³/mol. The van der Waals surface area contributed by atoms with Crippen LogP contribution < -0.4 is 5.32 Å². The molecule has 0 aromatic heterocycles. The lowest BCUT2D eigenvalue weighted by atomic mass is 9.85. The Morgan fingerprint density at radius 1 is 1.11 bits per heavy atom. The van der Waals surface area contributed by atoms with E-state index in [9.17, 15) is 9.59 Å². The van der Waals surface area contributed by atoms with Gasteiger partial charge in [0.25, 0.3) is 0 Å². The number of carbonyl (C=O) groups excluding carboxylic acids is 2. The molecule has 0 fully saturated rings. The summed E-state index contributed by atoms with van der Waals surface area (Å²) < 4.78 is 0. The lowest BCUT2D eigenvalue weighted by Gasteiger charge is -2.36. The van der Waals surface area contributed by atoms with Crippen molar-refractivity contribution in [2.24, 2.45) is 10.8 Å². The van der Waals surface area contributed by atoms with Crippen LogP contribution in [0.1, 0.15) is 54.9 Å². The molecule has 0 radical (unpaired) electrons. The molecule has 0 aliphatic carbocycles. The Balaban J connectivity index is 5.19. The second-order valence-corrected chi connectivity index (χ2v) is 7.12. The van der Waals surface area contributed by atoms with Gasteiger partial charge in [-0.2, -0.15) is 0 Å². The molecule has 1 N–H and O–H groups in total. The van der Waals surface area contributed by atoms with Crippen LogP contribution in [-0.2, 0) is 9.59 Å². The van der Waals surface area contributed by atoms with Gasteiger partial charge in [-0.25, -0.2) is 0 Å². The van der Waals surface area contributed by atoms with Gasteiger partial charge in [-0.3, -0.25) is 14.5 Å². The zero-order valence-electron chi connectivity index (χ0n) is 13.8. The first-order valence-corrected chi connectivity index (χ1v) is 6.97. The molecule has 0 aliphatic heterocycles. The molecule has 0 aliphatic rings. The number of carbonyl (C=O) groups is 2. The van der Waals surface area contributed by atoms with Gasteiger partial charge < -0.3 is 5.32 Å². The van der Waals surface area contributed by atoms with Crippen molar-refractivity contribution < 1.29 is 9.59 Å². The molecule has 0 saturated carbocycles. The SMILES string of the molecule is CCC(=O)N(CC(NC)C(C)(C)C)C(=O)C(C)(C)C. The Morgan fingerprint density at radius 2 is 1.58 bits per heavy atom. The maximum absolute atomic E-state index is 12.4. The Kier molecular flexibility index (Phi) is 6.20. The Labute approximate surface area is 117 Å². The van der Waals surface area contributed by atoms with Crippen LogP contribution in [0.5, 0.6) is 0 Å². The smallest absolute Gasteiger partial charge is 0.234 e. The molecule has 0 bridgehead atoms. The normalized spacial score (nSPS) is 14.1. The molecule has 1 atom stereocenters. The molecule has 4 heteroatoms. The molecular weight excluding hydrogens is 240 g/mol. The number of hydrogen-bond donors (Lipinski definition) is 1. The lowest BCUT2D eigenvalue weighted by Crippen LogP contribution is -2.53. The highest BCUT2D eigenvalue weighted by atomic mass is 16.2. The van der Waals surface area contributed by atoms with E-state index in [2.05, 4.69) is 26.1 Å². The van der Waals surface area contributed by atoms with E-state index in [0.29, 0.717) is 13.0 Å². The molecule has 4 nitrogen and oxygen atoms in total. The zero-order valence-corrected chi connectivity index (χ0v) is 13.8. The first-order valence-electron chi connectivity index (χ1n) is 6.97. The van der Waals surface area contributed by atoms with Gasteiger partial charge >= 0.3 is 0 Å². The number of amides is 2. The van der Waals surface area contributed by atoms with E-state index < -0.39 is 5.41 Å². The van der Waals surface area contributed by atoms with Crippen molar-refractivity contribution in [1.29, 1.82) is 0 Å². The van der Waals surface area contributed by atoms with E-state index in [4.69, 9.17) is 0 Å². The molecule has 0 saturated heterocycles. The number of rotatable bonds is 4. The van der Waals surface area contributed by atoms with Crippen LogP contribution in [-0.4, -0.2) is 36.3 Å². The number of imide groups is 1. The van der Waals surface area contributed by atoms with E-state index in [-0.39, 0.29) is 23.3 Å². The van der Waals surface area contributed by atoms with E-state index in [0.717, 1.165) is 0 Å². The maximum atomic E-state index is 12.4. The first kappa shape index (κ1) is 18.1. The first-order chi connectivity index (χ1) is 8.45. The number of hydrogen-bond acceptors (Lipinski definition) is 3. The summed E-state index contributed by atoms with van der Waals surface area (Å²) in [6.07, 6.45) is 0.350. The van der Waals surface area contributed by atoms with Gasteiger partial charge in [0.1, 0.15) is 0 Å². The van der Waals surface area contributed by atoms with Crippen LogP contribution >= 0.6 is 0 Å². The average Bonchev–Trinajstić information content (AvgIpc) is 2.25. The summed E-state index contributed by atoms with van der Waals surface area (Å²) in [6.45, 7) is 14.0. The van der Waals surface area contributed by atoms with Crippen molar-refractivity contribution in [1.82, 2.24) is 10.2 Å². The van der Waals surface area contributed by atoms with Gasteiger partial charge in [0.2, 0.25) is 11.8 Å². The average molecular weight is 270 g/mol. The number of nitrogens with zero attached hydrogens (tertiary/aromatic N) is 1. The van der Waals surface area contributed by atoms with Crippen molar-refractivity contribution in [2.75, 3.05) is 13.6 Å². The molecule has 0 spiro atoms. The molecule has 2 amide bonds. The predicted octanol–water partition coefficient (Wildman–Crippen LogP) is 2.43. The summed E-state index contributed by atoms with van der Waals surface area (Å²) in [6, 6.07) is 0.0781. The van der Waals surface area contributed by atoms with Gasteiger partial charge in [-0.1, -0.05) is 48.5 Å². The quantitative estimate of drug-likeness (QED) is 0.853. The Morgan fingerprint density at radius 3 is 1.84 bits per heavy atom. The lowest BCUT2D eigenvalue weighted by molar-refractivity contribution is -0.150. The zero-order chi connectivity index (χ0) is 15.4. The van der Waals surface area contributed by atoms with Crippen LogP contribution in [0, 0.1) is 10.8 Å². The molecule has 19 heavy (non-hydrogen) atoms. The van der Waals surface area contributed by atoms with E-state index in [1.54, 1.807) is 6.92 Å². The van der Waals surface area contributed by atoms with Gasteiger partial charge in [0.15, 0.2) is 0 Å². The van der Waals surface area contributed by atoms with Crippen molar-refractivity contribution in [3.05, 3.63) is 0 Å². The van der Waals surface area contributed by atoms with E-state index in [1.165, 1.54) is 4.90 Å². The standard InChI is InChI=1S/C15H30N2O2/c1-9-12(18)17(13(19)15(5,6)7)10-11(16-8)14(2,3)4/h11,16H,9-10H2,1-8H3. The van der Waals surface area contributed by atoms with Crippen molar-refractivity contribution >= 4 is 11.8 Å². The minimum Gasteiger partial charge on any atom is -0.315 e. The minimum absolute atomic E-state index is 0.0147. The van der Waals surface area contributed by atoms with Crippen molar-refractivity contribution in [3.8, 4) is 0 Å². The monoisotopic (exact) mass is 270 g/mol. The van der Waals surface area contributed by atoms with Gasteiger partial charge in [-0.05, 0) is 12.5 Å². The highest BCUT2D eigenvalue weighted by Crippen LogP contribution is 2.23. The molecule has 0 aromatic carbocycles.